The number of halogens is 3. The Morgan fingerprint density at radius 2 is 2.29 bits per heavy atom. The number of Topliss-reactive ketones (excluding diaryl/α,β-unsaturated/α-hetero) is 1. The van der Waals surface area contributed by atoms with Gasteiger partial charge in [0, 0.05) is 5.56 Å². The minimum absolute atomic E-state index is 0.176. The van der Waals surface area contributed by atoms with Crippen molar-refractivity contribution in [1.29, 1.82) is 0 Å². The van der Waals surface area contributed by atoms with Crippen LogP contribution in [0, 0.1) is 5.82 Å². The van der Waals surface area contributed by atoms with E-state index in [9.17, 15) is 9.18 Å². The monoisotopic (exact) mass is 280 g/mol. The topological polar surface area (TPSA) is 26.3 Å². The lowest BCUT2D eigenvalue weighted by atomic mass is 10.1. The van der Waals surface area contributed by atoms with Crippen molar-refractivity contribution in [2.45, 2.75) is 0 Å². The smallest absolute Gasteiger partial charge is 0.177 e. The molecule has 0 aliphatic carbocycles. The third-order valence-electron chi connectivity index (χ3n) is 1.66. The lowest BCUT2D eigenvalue weighted by molar-refractivity contribution is 0.102. The molecule has 0 radical (unpaired) electrons. The molecule has 0 fully saturated rings. The second-order valence-corrected chi connectivity index (χ2v) is 3.59. The van der Waals surface area contributed by atoms with Crippen LogP contribution < -0.4 is 4.74 Å². The van der Waals surface area contributed by atoms with Crippen molar-refractivity contribution >= 4 is 33.3 Å². The molecule has 14 heavy (non-hydrogen) atoms. The Kier molecular flexibility index (Phi) is 3.89. The van der Waals surface area contributed by atoms with Crippen LogP contribution in [0.1, 0.15) is 10.4 Å². The number of rotatable bonds is 3. The summed E-state index contributed by atoms with van der Waals surface area (Å²) in [6, 6.07) is 2.56. The highest BCUT2D eigenvalue weighted by Crippen LogP contribution is 2.29. The van der Waals surface area contributed by atoms with Gasteiger partial charge in [-0.2, -0.15) is 0 Å². The van der Waals surface area contributed by atoms with Crippen molar-refractivity contribution in [3.05, 3.63) is 28.0 Å². The highest BCUT2D eigenvalue weighted by Gasteiger charge is 2.12. The van der Waals surface area contributed by atoms with Gasteiger partial charge in [-0.15, -0.1) is 11.6 Å². The average molecular weight is 282 g/mol. The molecule has 0 aliphatic rings. The van der Waals surface area contributed by atoms with Crippen LogP contribution in [-0.2, 0) is 0 Å². The number of ether oxygens (including phenoxy) is 1. The van der Waals surface area contributed by atoms with Gasteiger partial charge in [-0.1, -0.05) is 0 Å². The fourth-order valence-corrected chi connectivity index (χ4v) is 1.50. The van der Waals surface area contributed by atoms with E-state index in [1.165, 1.54) is 13.2 Å². The summed E-state index contributed by atoms with van der Waals surface area (Å²) >= 11 is 8.35. The van der Waals surface area contributed by atoms with Crippen LogP contribution in [0.3, 0.4) is 0 Å². The highest BCUT2D eigenvalue weighted by atomic mass is 79.9. The second-order valence-electron chi connectivity index (χ2n) is 2.53. The number of methoxy groups -OCH3 is 1. The zero-order valence-electron chi connectivity index (χ0n) is 7.31. The highest BCUT2D eigenvalue weighted by molar-refractivity contribution is 9.10. The number of hydrogen-bond donors (Lipinski definition) is 0. The molecule has 0 atom stereocenters. The molecule has 2 nitrogen and oxygen atoms in total. The summed E-state index contributed by atoms with van der Waals surface area (Å²) in [5.41, 5.74) is 0.206. The quantitative estimate of drug-likeness (QED) is 0.629. The first kappa shape index (κ1) is 11.5. The molecule has 0 aliphatic heterocycles. The standard InChI is InChI=1S/C9H7BrClFO2/c1-14-8-3-5(7(13)4-11)2-6(12)9(8)10/h2-3H,4H2,1H3. The summed E-state index contributed by atoms with van der Waals surface area (Å²) in [5, 5.41) is 0. The first-order valence-corrected chi connectivity index (χ1v) is 5.05. The molecular weight excluding hydrogens is 274 g/mol. The summed E-state index contributed by atoms with van der Waals surface area (Å²) < 4.78 is 18.3. The van der Waals surface area contributed by atoms with Crippen LogP contribution >= 0.6 is 27.5 Å². The third kappa shape index (κ3) is 2.25. The van der Waals surface area contributed by atoms with Crippen LogP contribution in [0.15, 0.2) is 16.6 Å². The molecule has 0 saturated carbocycles. The Bertz CT molecular complexity index is 368. The zero-order chi connectivity index (χ0) is 10.7. The number of benzene rings is 1. The predicted molar refractivity (Wildman–Crippen MR) is 55.7 cm³/mol. The van der Waals surface area contributed by atoms with Gasteiger partial charge >= 0.3 is 0 Å². The first-order valence-electron chi connectivity index (χ1n) is 3.72. The van der Waals surface area contributed by atoms with Gasteiger partial charge in [-0.3, -0.25) is 4.79 Å². The van der Waals surface area contributed by atoms with E-state index in [0.717, 1.165) is 6.07 Å². The third-order valence-corrected chi connectivity index (χ3v) is 2.67. The fourth-order valence-electron chi connectivity index (χ4n) is 0.951. The molecule has 0 spiro atoms. The van der Waals surface area contributed by atoms with E-state index in [0.29, 0.717) is 0 Å². The van der Waals surface area contributed by atoms with Gasteiger partial charge in [0.2, 0.25) is 0 Å². The minimum Gasteiger partial charge on any atom is -0.495 e. The predicted octanol–water partition coefficient (Wildman–Crippen LogP) is 3.02. The maximum Gasteiger partial charge on any atom is 0.177 e. The van der Waals surface area contributed by atoms with Crippen LogP contribution in [0.25, 0.3) is 0 Å². The van der Waals surface area contributed by atoms with Crippen LogP contribution in [0.5, 0.6) is 5.75 Å². The van der Waals surface area contributed by atoms with Gasteiger partial charge in [0.05, 0.1) is 17.5 Å². The van der Waals surface area contributed by atoms with Gasteiger partial charge in [0.1, 0.15) is 11.6 Å². The summed E-state index contributed by atoms with van der Waals surface area (Å²) in [7, 11) is 1.40. The van der Waals surface area contributed by atoms with Gasteiger partial charge in [-0.25, -0.2) is 4.39 Å². The summed E-state index contributed by atoms with van der Waals surface area (Å²) in [6.45, 7) is 0. The van der Waals surface area contributed by atoms with E-state index in [1.807, 2.05) is 0 Å². The molecule has 1 aromatic carbocycles. The van der Waals surface area contributed by atoms with Crippen molar-refractivity contribution in [2.75, 3.05) is 13.0 Å². The molecule has 5 heteroatoms. The lowest BCUT2D eigenvalue weighted by Gasteiger charge is -2.06. The zero-order valence-corrected chi connectivity index (χ0v) is 9.65. The van der Waals surface area contributed by atoms with E-state index in [1.54, 1.807) is 0 Å². The molecule has 1 aromatic rings. The maximum atomic E-state index is 13.2. The summed E-state index contributed by atoms with van der Waals surface area (Å²) in [6.07, 6.45) is 0. The summed E-state index contributed by atoms with van der Waals surface area (Å²) in [4.78, 5) is 11.2. The van der Waals surface area contributed by atoms with Crippen molar-refractivity contribution in [1.82, 2.24) is 0 Å². The molecule has 0 N–H and O–H groups in total. The largest absolute Gasteiger partial charge is 0.495 e. The normalized spacial score (nSPS) is 10.0. The Morgan fingerprint density at radius 3 is 2.79 bits per heavy atom. The number of carbonyl (C=O) groups is 1. The van der Waals surface area contributed by atoms with E-state index >= 15 is 0 Å². The molecule has 0 heterocycles. The fraction of sp³-hybridized carbons (Fsp3) is 0.222. The van der Waals surface area contributed by atoms with Gasteiger partial charge in [-0.05, 0) is 28.1 Å². The van der Waals surface area contributed by atoms with Crippen molar-refractivity contribution < 1.29 is 13.9 Å². The van der Waals surface area contributed by atoms with Crippen LogP contribution in [-0.4, -0.2) is 18.8 Å². The minimum atomic E-state index is -0.544. The number of hydrogen-bond acceptors (Lipinski definition) is 2. The van der Waals surface area contributed by atoms with Crippen LogP contribution in [0.4, 0.5) is 4.39 Å². The lowest BCUT2D eigenvalue weighted by Crippen LogP contribution is -2.02. The van der Waals surface area contributed by atoms with Gasteiger partial charge < -0.3 is 4.74 Å². The molecular formula is C9H7BrClFO2. The summed E-state index contributed by atoms with van der Waals surface area (Å²) in [5.74, 6) is -0.780. The Balaban J connectivity index is 3.22. The van der Waals surface area contributed by atoms with E-state index in [-0.39, 0.29) is 27.4 Å². The van der Waals surface area contributed by atoms with Crippen LogP contribution in [0.2, 0.25) is 0 Å². The molecule has 1 rings (SSSR count). The van der Waals surface area contributed by atoms with E-state index in [2.05, 4.69) is 15.9 Å². The number of ketones is 1. The Labute approximate surface area is 94.1 Å². The molecule has 0 aromatic heterocycles. The first-order chi connectivity index (χ1) is 6.60. The van der Waals surface area contributed by atoms with E-state index < -0.39 is 5.82 Å². The molecule has 0 amide bonds. The van der Waals surface area contributed by atoms with E-state index in [4.69, 9.17) is 16.3 Å². The Morgan fingerprint density at radius 1 is 1.64 bits per heavy atom. The SMILES string of the molecule is COc1cc(C(=O)CCl)cc(F)c1Br. The molecule has 0 saturated heterocycles. The van der Waals surface area contributed by atoms with Gasteiger partial charge in [0.15, 0.2) is 5.78 Å². The van der Waals surface area contributed by atoms with Crippen molar-refractivity contribution in [3.63, 3.8) is 0 Å². The number of alkyl halides is 1. The van der Waals surface area contributed by atoms with Gasteiger partial charge in [0.25, 0.3) is 0 Å². The molecule has 0 bridgehead atoms. The van der Waals surface area contributed by atoms with Crippen molar-refractivity contribution in [2.24, 2.45) is 0 Å². The average Bonchev–Trinajstić information content (AvgIpc) is 2.20. The molecule has 76 valence electrons. The second kappa shape index (κ2) is 4.75. The number of carbonyl (C=O) groups excluding carboxylic acids is 1. The molecule has 0 unspecified atom stereocenters. The Hall–Kier alpha value is -0.610. The van der Waals surface area contributed by atoms with Crippen molar-refractivity contribution in [3.8, 4) is 5.75 Å². The maximum absolute atomic E-state index is 13.2.